The van der Waals surface area contributed by atoms with Crippen LogP contribution in [0.1, 0.15) is 26.7 Å². The van der Waals surface area contributed by atoms with Crippen LogP contribution in [0.4, 0.5) is 0 Å². The van der Waals surface area contributed by atoms with Crippen molar-refractivity contribution in [1.29, 1.82) is 5.26 Å². The number of hydrogen-bond donors (Lipinski definition) is 0. The van der Waals surface area contributed by atoms with E-state index in [1.54, 1.807) is 12.3 Å². The molecule has 0 aromatic carbocycles. The molecule has 0 atom stereocenters. The molecule has 0 aromatic heterocycles. The second-order valence-corrected chi connectivity index (χ2v) is 3.57. The van der Waals surface area contributed by atoms with Crippen molar-refractivity contribution in [3.63, 3.8) is 0 Å². The maximum Gasteiger partial charge on any atom is 0.349 e. The summed E-state index contributed by atoms with van der Waals surface area (Å²) in [6.45, 7) is 4.12. The Bertz CT molecular complexity index is 243. The third-order valence-electron chi connectivity index (χ3n) is 1.43. The minimum absolute atomic E-state index is 0.0907. The minimum atomic E-state index is -0.529. The number of hydrogen-bond acceptors (Lipinski definition) is 4. The molecular formula is C10H15NO2S. The average Bonchev–Trinajstić information content (AvgIpc) is 2.18. The van der Waals surface area contributed by atoms with Crippen molar-refractivity contribution in [3.8, 4) is 6.07 Å². The first-order chi connectivity index (χ1) is 6.76. The molecule has 0 amide bonds. The van der Waals surface area contributed by atoms with Gasteiger partial charge in [0.1, 0.15) is 11.6 Å². The van der Waals surface area contributed by atoms with Crippen LogP contribution >= 0.6 is 11.8 Å². The van der Waals surface area contributed by atoms with Gasteiger partial charge in [-0.3, -0.25) is 0 Å². The molecule has 4 heteroatoms. The summed E-state index contributed by atoms with van der Waals surface area (Å²) >= 11 is 1.48. The number of rotatable bonds is 6. The van der Waals surface area contributed by atoms with Gasteiger partial charge in [-0.25, -0.2) is 4.79 Å². The summed E-state index contributed by atoms with van der Waals surface area (Å²) < 4.78 is 4.71. The largest absolute Gasteiger partial charge is 0.462 e. The summed E-state index contributed by atoms with van der Waals surface area (Å²) in [6, 6.07) is 1.83. The lowest BCUT2D eigenvalue weighted by atomic mass is 10.3. The van der Waals surface area contributed by atoms with Gasteiger partial charge in [-0.15, -0.1) is 11.8 Å². The van der Waals surface area contributed by atoms with Gasteiger partial charge in [0.05, 0.1) is 6.61 Å². The van der Waals surface area contributed by atoms with E-state index >= 15 is 0 Å². The molecule has 0 radical (unpaired) electrons. The molecule has 0 bridgehead atoms. The molecule has 0 unspecified atom stereocenters. The molecule has 0 spiro atoms. The van der Waals surface area contributed by atoms with Crippen molar-refractivity contribution in [2.24, 2.45) is 0 Å². The fourth-order valence-corrected chi connectivity index (χ4v) is 1.59. The van der Waals surface area contributed by atoms with Crippen LogP contribution in [0.25, 0.3) is 0 Å². The van der Waals surface area contributed by atoms with Gasteiger partial charge < -0.3 is 4.74 Å². The van der Waals surface area contributed by atoms with Crippen molar-refractivity contribution in [2.45, 2.75) is 26.7 Å². The second kappa shape index (κ2) is 8.64. The third-order valence-corrected chi connectivity index (χ3v) is 2.36. The summed E-state index contributed by atoms with van der Waals surface area (Å²) in [5, 5.41) is 10.2. The minimum Gasteiger partial charge on any atom is -0.462 e. The maximum absolute atomic E-state index is 11.1. The topological polar surface area (TPSA) is 50.1 Å². The third kappa shape index (κ3) is 5.65. The Hall–Kier alpha value is -0.950. The van der Waals surface area contributed by atoms with Crippen molar-refractivity contribution in [2.75, 3.05) is 12.4 Å². The first-order valence-corrected chi connectivity index (χ1v) is 5.70. The molecule has 14 heavy (non-hydrogen) atoms. The van der Waals surface area contributed by atoms with Crippen LogP contribution in [0.3, 0.4) is 0 Å². The Morgan fingerprint density at radius 2 is 2.29 bits per heavy atom. The fourth-order valence-electron chi connectivity index (χ4n) is 0.699. The van der Waals surface area contributed by atoms with E-state index in [-0.39, 0.29) is 5.57 Å². The quantitative estimate of drug-likeness (QED) is 0.294. The SMILES string of the molecule is CCCCSC=C(C#N)C(=O)OCC. The number of thioether (sulfide) groups is 1. The van der Waals surface area contributed by atoms with E-state index < -0.39 is 5.97 Å². The molecule has 78 valence electrons. The number of unbranched alkanes of at least 4 members (excludes halogenated alkanes) is 1. The number of ether oxygens (including phenoxy) is 1. The highest BCUT2D eigenvalue weighted by Gasteiger charge is 2.08. The van der Waals surface area contributed by atoms with E-state index in [9.17, 15) is 4.79 Å². The van der Waals surface area contributed by atoms with Gasteiger partial charge in [0.15, 0.2) is 0 Å². The Labute approximate surface area is 89.1 Å². The summed E-state index contributed by atoms with van der Waals surface area (Å²) in [7, 11) is 0. The fraction of sp³-hybridized carbons (Fsp3) is 0.600. The molecule has 3 nitrogen and oxygen atoms in total. The zero-order valence-corrected chi connectivity index (χ0v) is 9.39. The van der Waals surface area contributed by atoms with E-state index in [1.807, 2.05) is 6.07 Å². The van der Waals surface area contributed by atoms with E-state index in [1.165, 1.54) is 11.8 Å². The zero-order valence-electron chi connectivity index (χ0n) is 8.58. The Morgan fingerprint density at radius 3 is 2.79 bits per heavy atom. The van der Waals surface area contributed by atoms with Gasteiger partial charge in [-0.1, -0.05) is 13.3 Å². The van der Waals surface area contributed by atoms with Crippen LogP contribution in [0, 0.1) is 11.3 Å². The van der Waals surface area contributed by atoms with Gasteiger partial charge >= 0.3 is 5.97 Å². The highest BCUT2D eigenvalue weighted by molar-refractivity contribution is 8.02. The van der Waals surface area contributed by atoms with Crippen LogP contribution < -0.4 is 0 Å². The normalized spacial score (nSPS) is 10.8. The highest BCUT2D eigenvalue weighted by Crippen LogP contribution is 2.10. The van der Waals surface area contributed by atoms with Gasteiger partial charge in [-0.05, 0) is 24.5 Å². The van der Waals surface area contributed by atoms with Crippen LogP contribution in [-0.2, 0) is 9.53 Å². The lowest BCUT2D eigenvalue weighted by molar-refractivity contribution is -0.137. The molecule has 0 aliphatic heterocycles. The molecule has 0 heterocycles. The Kier molecular flexibility index (Phi) is 8.05. The molecule has 0 N–H and O–H groups in total. The monoisotopic (exact) mass is 213 g/mol. The lowest BCUT2D eigenvalue weighted by Crippen LogP contribution is -2.05. The smallest absolute Gasteiger partial charge is 0.349 e. The van der Waals surface area contributed by atoms with Gasteiger partial charge in [-0.2, -0.15) is 5.26 Å². The predicted molar refractivity (Wildman–Crippen MR) is 57.7 cm³/mol. The first kappa shape index (κ1) is 13.1. The molecular weight excluding hydrogens is 198 g/mol. The first-order valence-electron chi connectivity index (χ1n) is 4.65. The number of nitriles is 1. The zero-order chi connectivity index (χ0) is 10.8. The molecule has 0 aromatic rings. The van der Waals surface area contributed by atoms with Crippen LogP contribution in [0.5, 0.6) is 0 Å². The standard InChI is InChI=1S/C10H15NO2S/c1-3-5-6-14-8-9(7-11)10(12)13-4-2/h8H,3-6H2,1-2H3. The summed E-state index contributed by atoms with van der Waals surface area (Å²) in [4.78, 5) is 11.1. The number of nitrogens with zero attached hydrogens (tertiary/aromatic N) is 1. The van der Waals surface area contributed by atoms with Crippen molar-refractivity contribution < 1.29 is 9.53 Å². The number of esters is 1. The number of carbonyl (C=O) groups excluding carboxylic acids is 1. The lowest BCUT2D eigenvalue weighted by Gasteiger charge is -1.98. The van der Waals surface area contributed by atoms with Crippen LogP contribution in [-0.4, -0.2) is 18.3 Å². The van der Waals surface area contributed by atoms with Gasteiger partial charge in [0, 0.05) is 0 Å². The van der Waals surface area contributed by atoms with Crippen LogP contribution in [0.2, 0.25) is 0 Å². The van der Waals surface area contributed by atoms with Crippen molar-refractivity contribution in [3.05, 3.63) is 11.0 Å². The molecule has 0 saturated heterocycles. The van der Waals surface area contributed by atoms with Crippen molar-refractivity contribution in [1.82, 2.24) is 0 Å². The van der Waals surface area contributed by atoms with E-state index in [2.05, 4.69) is 6.92 Å². The van der Waals surface area contributed by atoms with Gasteiger partial charge in [0.25, 0.3) is 0 Å². The Balaban J connectivity index is 4.00. The molecule has 0 fully saturated rings. The highest BCUT2D eigenvalue weighted by atomic mass is 32.2. The molecule has 0 saturated carbocycles. The Morgan fingerprint density at radius 1 is 1.57 bits per heavy atom. The van der Waals surface area contributed by atoms with Gasteiger partial charge in [0.2, 0.25) is 0 Å². The summed E-state index contributed by atoms with van der Waals surface area (Å²) in [6.07, 6.45) is 2.20. The second-order valence-electron chi connectivity index (χ2n) is 2.59. The summed E-state index contributed by atoms with van der Waals surface area (Å²) in [5.74, 6) is 0.403. The molecule has 0 rings (SSSR count). The average molecular weight is 213 g/mol. The molecule has 0 aliphatic rings. The summed E-state index contributed by atoms with van der Waals surface area (Å²) in [5.41, 5.74) is 0.0907. The van der Waals surface area contributed by atoms with E-state index in [4.69, 9.17) is 10.00 Å². The van der Waals surface area contributed by atoms with E-state index in [0.717, 1.165) is 18.6 Å². The van der Waals surface area contributed by atoms with E-state index in [0.29, 0.717) is 6.61 Å². The van der Waals surface area contributed by atoms with Crippen molar-refractivity contribution >= 4 is 17.7 Å². The predicted octanol–water partition coefficient (Wildman–Crippen LogP) is 2.49. The van der Waals surface area contributed by atoms with Crippen LogP contribution in [0.15, 0.2) is 11.0 Å². The maximum atomic E-state index is 11.1. The molecule has 0 aliphatic carbocycles. The number of carbonyl (C=O) groups is 1.